The van der Waals surface area contributed by atoms with Gasteiger partial charge in [0.15, 0.2) is 5.49 Å². The van der Waals surface area contributed by atoms with Crippen molar-refractivity contribution in [1.29, 1.82) is 0 Å². The second kappa shape index (κ2) is 5.79. The number of hydrogen-bond acceptors (Lipinski definition) is 5. The number of amides is 1. The Balaban J connectivity index is 2.44. The van der Waals surface area contributed by atoms with E-state index in [1.54, 1.807) is 30.4 Å². The highest BCUT2D eigenvalue weighted by Gasteiger charge is 2.09. The molecule has 1 aliphatic carbocycles. The molecule has 0 atom stereocenters. The third-order valence-electron chi connectivity index (χ3n) is 2.36. The van der Waals surface area contributed by atoms with Crippen molar-refractivity contribution in [3.8, 4) is 0 Å². The molecule has 0 spiro atoms. The van der Waals surface area contributed by atoms with Gasteiger partial charge in [0.1, 0.15) is 5.71 Å². The molecule has 0 fully saturated rings. The molecule has 1 aromatic heterocycles. The maximum absolute atomic E-state index is 11.1. The largest absolute Gasteiger partial charge is 0.427 e. The number of aliphatic imine (C=N–C) groups is 1. The highest BCUT2D eigenvalue weighted by atomic mass is 16.5. The van der Waals surface area contributed by atoms with Gasteiger partial charge in [-0.3, -0.25) is 4.79 Å². The molecule has 0 radical (unpaired) electrons. The number of rotatable bonds is 1. The van der Waals surface area contributed by atoms with E-state index in [1.165, 1.54) is 19.2 Å². The second-order valence-electron chi connectivity index (χ2n) is 3.98. The molecule has 1 heterocycles. The molecule has 0 aromatic carbocycles. The first-order valence-electron chi connectivity index (χ1n) is 5.80. The van der Waals surface area contributed by atoms with Crippen LogP contribution in [0.3, 0.4) is 0 Å². The van der Waals surface area contributed by atoms with Gasteiger partial charge in [-0.2, -0.15) is 4.73 Å². The lowest BCUT2D eigenvalue weighted by molar-refractivity contribution is -0.115. The van der Waals surface area contributed by atoms with Gasteiger partial charge in [-0.1, -0.05) is 6.07 Å². The summed E-state index contributed by atoms with van der Waals surface area (Å²) in [7, 11) is 0. The molecule has 0 aliphatic heterocycles. The first-order valence-corrected chi connectivity index (χ1v) is 5.80. The number of pyridine rings is 1. The Morgan fingerprint density at radius 2 is 2.05 bits per heavy atom. The van der Waals surface area contributed by atoms with Crippen LogP contribution in [-0.2, 0) is 4.79 Å². The Morgan fingerprint density at radius 1 is 1.25 bits per heavy atom. The zero-order valence-electron chi connectivity index (χ0n) is 10.8. The van der Waals surface area contributed by atoms with Crippen LogP contribution in [-0.4, -0.2) is 27.3 Å². The maximum atomic E-state index is 11.1. The summed E-state index contributed by atoms with van der Waals surface area (Å²) < 4.78 is 0.836. The van der Waals surface area contributed by atoms with Crippen LogP contribution < -0.4 is 11.2 Å². The second-order valence-corrected chi connectivity index (χ2v) is 3.98. The van der Waals surface area contributed by atoms with Crippen LogP contribution in [0.15, 0.2) is 63.5 Å². The highest BCUT2D eigenvalue weighted by molar-refractivity contribution is 6.52. The summed E-state index contributed by atoms with van der Waals surface area (Å²) in [6.07, 6.45) is 6.20. The SMILES string of the molecule is CC(=O)N=C1C=C(N)C=CC1=N/N=c1\ccccn1O. The van der Waals surface area contributed by atoms with E-state index in [9.17, 15) is 10.0 Å². The Morgan fingerprint density at radius 3 is 2.75 bits per heavy atom. The molecule has 1 aliphatic rings. The van der Waals surface area contributed by atoms with Gasteiger partial charge < -0.3 is 10.9 Å². The number of nitrogens with two attached hydrogens (primary N) is 1. The van der Waals surface area contributed by atoms with Crippen molar-refractivity contribution >= 4 is 17.3 Å². The standard InChI is InChI=1S/C13H13N5O2/c1-9(19)15-12-8-10(14)5-6-11(12)16-17-13-4-2-3-7-18(13)20/h2-8,20H,14H2,1H3/b15-12?,16-11?,17-13+. The third-order valence-corrected chi connectivity index (χ3v) is 2.36. The van der Waals surface area contributed by atoms with Crippen molar-refractivity contribution < 1.29 is 10.0 Å². The summed E-state index contributed by atoms with van der Waals surface area (Å²) in [5.41, 5.74) is 7.09. The maximum Gasteiger partial charge on any atom is 0.243 e. The van der Waals surface area contributed by atoms with Crippen LogP contribution in [0.25, 0.3) is 0 Å². The van der Waals surface area contributed by atoms with Crippen molar-refractivity contribution in [1.82, 2.24) is 4.73 Å². The summed E-state index contributed by atoms with van der Waals surface area (Å²) in [5, 5.41) is 17.4. The minimum atomic E-state index is -0.357. The Labute approximate surface area is 114 Å². The average Bonchev–Trinajstić information content (AvgIpc) is 2.39. The zero-order valence-corrected chi connectivity index (χ0v) is 10.8. The first-order chi connectivity index (χ1) is 9.56. The van der Waals surface area contributed by atoms with Crippen LogP contribution >= 0.6 is 0 Å². The normalized spacial score (nSPS) is 19.4. The number of aromatic nitrogens is 1. The lowest BCUT2D eigenvalue weighted by Crippen LogP contribution is -2.19. The van der Waals surface area contributed by atoms with Crippen LogP contribution in [0.2, 0.25) is 0 Å². The summed E-state index contributed by atoms with van der Waals surface area (Å²) >= 11 is 0. The molecule has 1 amide bonds. The van der Waals surface area contributed by atoms with E-state index >= 15 is 0 Å². The fourth-order valence-electron chi connectivity index (χ4n) is 1.49. The molecule has 3 N–H and O–H groups in total. The smallest absolute Gasteiger partial charge is 0.243 e. The minimum absolute atomic E-state index is 0.248. The third kappa shape index (κ3) is 3.29. The first kappa shape index (κ1) is 13.5. The molecule has 0 unspecified atom stereocenters. The van der Waals surface area contributed by atoms with Gasteiger partial charge in [0.2, 0.25) is 5.91 Å². The van der Waals surface area contributed by atoms with E-state index in [0.717, 1.165) is 4.73 Å². The quantitative estimate of drug-likeness (QED) is 0.438. The zero-order chi connectivity index (χ0) is 14.5. The molecule has 1 aromatic rings. The predicted molar refractivity (Wildman–Crippen MR) is 74.1 cm³/mol. The average molecular weight is 271 g/mol. The van der Waals surface area contributed by atoms with E-state index in [2.05, 4.69) is 15.2 Å². The molecule has 2 rings (SSSR count). The summed E-state index contributed by atoms with van der Waals surface area (Å²) in [6, 6.07) is 4.95. The van der Waals surface area contributed by atoms with Crippen molar-refractivity contribution in [3.63, 3.8) is 0 Å². The van der Waals surface area contributed by atoms with Crippen molar-refractivity contribution in [2.75, 3.05) is 0 Å². The van der Waals surface area contributed by atoms with E-state index in [-0.39, 0.29) is 11.4 Å². The molecule has 20 heavy (non-hydrogen) atoms. The monoisotopic (exact) mass is 271 g/mol. The molecule has 7 heteroatoms. The molecule has 0 saturated carbocycles. The van der Waals surface area contributed by atoms with Gasteiger partial charge in [0, 0.05) is 18.8 Å². The van der Waals surface area contributed by atoms with Crippen LogP contribution in [0.5, 0.6) is 0 Å². The Bertz CT molecular complexity index is 722. The molecule has 7 nitrogen and oxygen atoms in total. The Kier molecular flexibility index (Phi) is 3.90. The number of nitrogens with zero attached hydrogens (tertiary/aromatic N) is 4. The van der Waals surface area contributed by atoms with Crippen molar-refractivity contribution in [3.05, 3.63) is 53.8 Å². The highest BCUT2D eigenvalue weighted by Crippen LogP contribution is 2.03. The lowest BCUT2D eigenvalue weighted by atomic mass is 10.1. The van der Waals surface area contributed by atoms with Crippen molar-refractivity contribution in [2.24, 2.45) is 20.9 Å². The van der Waals surface area contributed by atoms with E-state index in [1.807, 2.05) is 0 Å². The number of hydrogen-bond donors (Lipinski definition) is 2. The summed E-state index contributed by atoms with van der Waals surface area (Å²) in [4.78, 5) is 14.9. The summed E-state index contributed by atoms with van der Waals surface area (Å²) in [6.45, 7) is 1.34. The molecule has 0 saturated heterocycles. The molecule has 0 bridgehead atoms. The van der Waals surface area contributed by atoms with Gasteiger partial charge in [0.05, 0.1) is 5.71 Å². The fourth-order valence-corrected chi connectivity index (χ4v) is 1.49. The topological polar surface area (TPSA) is 105 Å². The molecule has 102 valence electrons. The van der Waals surface area contributed by atoms with Crippen LogP contribution in [0, 0.1) is 0 Å². The predicted octanol–water partition coefficient (Wildman–Crippen LogP) is 0.382. The fraction of sp³-hybridized carbons (Fsp3) is 0.0769. The van der Waals surface area contributed by atoms with Crippen LogP contribution in [0.4, 0.5) is 0 Å². The number of allylic oxidation sites excluding steroid dienone is 3. The minimum Gasteiger partial charge on any atom is -0.427 e. The van der Waals surface area contributed by atoms with Crippen LogP contribution in [0.1, 0.15) is 6.92 Å². The number of carbonyl (C=O) groups is 1. The van der Waals surface area contributed by atoms with Gasteiger partial charge in [0.25, 0.3) is 0 Å². The van der Waals surface area contributed by atoms with Gasteiger partial charge in [-0.05, 0) is 30.4 Å². The van der Waals surface area contributed by atoms with Crippen molar-refractivity contribution in [2.45, 2.75) is 6.92 Å². The van der Waals surface area contributed by atoms with E-state index < -0.39 is 0 Å². The lowest BCUT2D eigenvalue weighted by Gasteiger charge is -2.05. The summed E-state index contributed by atoms with van der Waals surface area (Å²) in [5.74, 6) is -0.357. The van der Waals surface area contributed by atoms with Gasteiger partial charge in [-0.15, -0.1) is 10.2 Å². The number of carbonyl (C=O) groups excluding carboxylic acids is 1. The molecular weight excluding hydrogens is 258 g/mol. The Hall–Kier alpha value is -2.96. The van der Waals surface area contributed by atoms with E-state index in [0.29, 0.717) is 17.1 Å². The van der Waals surface area contributed by atoms with Gasteiger partial charge in [-0.25, -0.2) is 4.99 Å². The van der Waals surface area contributed by atoms with E-state index in [4.69, 9.17) is 5.73 Å². The molecular formula is C13H13N5O2. The van der Waals surface area contributed by atoms with Gasteiger partial charge >= 0.3 is 0 Å².